The van der Waals surface area contributed by atoms with Crippen LogP contribution in [0.25, 0.3) is 10.9 Å². The Kier molecular flexibility index (Phi) is 15.2. The lowest BCUT2D eigenvalue weighted by molar-refractivity contribution is -0.131. The van der Waals surface area contributed by atoms with Crippen LogP contribution >= 0.6 is 0 Å². The van der Waals surface area contributed by atoms with E-state index in [0.29, 0.717) is 25.5 Å². The molecule has 6 N–H and O–H groups in total. The van der Waals surface area contributed by atoms with Crippen LogP contribution in [0.5, 0.6) is 0 Å². The molecule has 264 valence electrons. The minimum absolute atomic E-state index is 0.0141. The van der Waals surface area contributed by atoms with Crippen LogP contribution in [0.1, 0.15) is 79.2 Å². The second-order valence-electron chi connectivity index (χ2n) is 14.6. The maximum atomic E-state index is 13.7. The molecule has 5 atom stereocenters. The summed E-state index contributed by atoms with van der Waals surface area (Å²) in [6, 6.07) is 7.28. The standard InChI is InChI=1S/C37H61N5O5/c1-23(2)29(17-27-11-12-28-13-15-42(32(28)18-27)14-8-16-47-7)19-31(40-37(46)35(25(5)6)41-34(44)21-38)33(43)20-30(24(3)4)36(45)39-22-26-9-10-26/h11-13,15,18,23-26,29-31,33,35,43H,8-10,14,16-17,19-22,38H2,1-7H3,(H,39,45)(H,40,46)(H,41,44)/t29?,30?,31-,33?,35-/m0/s1. The second kappa shape index (κ2) is 18.6. The third-order valence-electron chi connectivity index (χ3n) is 9.73. The molecule has 1 aromatic heterocycles. The Morgan fingerprint density at radius 3 is 2.30 bits per heavy atom. The largest absolute Gasteiger partial charge is 0.391 e. The molecule has 3 unspecified atom stereocenters. The zero-order valence-corrected chi connectivity index (χ0v) is 29.8. The van der Waals surface area contributed by atoms with Crippen molar-refractivity contribution in [3.05, 3.63) is 36.0 Å². The van der Waals surface area contributed by atoms with Gasteiger partial charge in [-0.25, -0.2) is 0 Å². The summed E-state index contributed by atoms with van der Waals surface area (Å²) in [6.45, 7) is 14.1. The van der Waals surface area contributed by atoms with Gasteiger partial charge in [0.05, 0.1) is 18.7 Å². The molecule has 3 rings (SSSR count). The van der Waals surface area contributed by atoms with Crippen molar-refractivity contribution in [3.8, 4) is 0 Å². The maximum absolute atomic E-state index is 13.7. The summed E-state index contributed by atoms with van der Waals surface area (Å²) in [5, 5.41) is 21.9. The highest BCUT2D eigenvalue weighted by atomic mass is 16.5. The first-order chi connectivity index (χ1) is 22.3. The van der Waals surface area contributed by atoms with Gasteiger partial charge in [0.15, 0.2) is 0 Å². The lowest BCUT2D eigenvalue weighted by Gasteiger charge is -2.34. The van der Waals surface area contributed by atoms with Crippen molar-refractivity contribution in [1.82, 2.24) is 20.5 Å². The fourth-order valence-electron chi connectivity index (χ4n) is 6.31. The van der Waals surface area contributed by atoms with E-state index in [2.05, 4.69) is 64.8 Å². The summed E-state index contributed by atoms with van der Waals surface area (Å²) in [5.41, 5.74) is 7.91. The Morgan fingerprint density at radius 2 is 1.70 bits per heavy atom. The topological polar surface area (TPSA) is 148 Å². The Balaban J connectivity index is 1.85. The van der Waals surface area contributed by atoms with E-state index in [0.717, 1.165) is 32.2 Å². The fraction of sp³-hybridized carbons (Fsp3) is 0.703. The van der Waals surface area contributed by atoms with Crippen molar-refractivity contribution in [3.63, 3.8) is 0 Å². The number of aromatic nitrogens is 1. The molecule has 0 spiro atoms. The van der Waals surface area contributed by atoms with E-state index in [4.69, 9.17) is 10.5 Å². The predicted molar refractivity (Wildman–Crippen MR) is 188 cm³/mol. The molecule has 0 saturated heterocycles. The van der Waals surface area contributed by atoms with E-state index in [1.165, 1.54) is 16.5 Å². The van der Waals surface area contributed by atoms with Crippen molar-refractivity contribution in [2.75, 3.05) is 26.8 Å². The minimum Gasteiger partial charge on any atom is -0.391 e. The van der Waals surface area contributed by atoms with Gasteiger partial charge in [-0.15, -0.1) is 0 Å². The molecule has 1 aliphatic rings. The highest BCUT2D eigenvalue weighted by Gasteiger charge is 2.35. The van der Waals surface area contributed by atoms with Crippen LogP contribution in [0.15, 0.2) is 30.5 Å². The number of carbonyl (C=O) groups is 3. The molecule has 1 saturated carbocycles. The number of nitrogens with zero attached hydrogens (tertiary/aromatic N) is 1. The monoisotopic (exact) mass is 655 g/mol. The zero-order chi connectivity index (χ0) is 34.7. The van der Waals surface area contributed by atoms with E-state index in [9.17, 15) is 19.5 Å². The van der Waals surface area contributed by atoms with Crippen molar-refractivity contribution in [1.29, 1.82) is 0 Å². The number of ether oxygens (including phenoxy) is 1. The highest BCUT2D eigenvalue weighted by Crippen LogP contribution is 2.30. The van der Waals surface area contributed by atoms with Crippen LogP contribution in [0.4, 0.5) is 0 Å². The summed E-state index contributed by atoms with van der Waals surface area (Å²) in [5.74, 6) is -0.450. The molecular formula is C37H61N5O5. The van der Waals surface area contributed by atoms with E-state index in [-0.39, 0.29) is 48.5 Å². The summed E-state index contributed by atoms with van der Waals surface area (Å²) >= 11 is 0. The van der Waals surface area contributed by atoms with Crippen LogP contribution in [-0.2, 0) is 32.1 Å². The first-order valence-corrected chi connectivity index (χ1v) is 17.7. The molecule has 1 aromatic carbocycles. The third kappa shape index (κ3) is 11.9. The maximum Gasteiger partial charge on any atom is 0.243 e. The lowest BCUT2D eigenvalue weighted by Crippen LogP contribution is -2.56. The van der Waals surface area contributed by atoms with Crippen LogP contribution < -0.4 is 21.7 Å². The first-order valence-electron chi connectivity index (χ1n) is 17.7. The molecule has 2 aromatic rings. The zero-order valence-electron chi connectivity index (χ0n) is 29.8. The number of amides is 3. The first kappa shape index (κ1) is 38.5. The van der Waals surface area contributed by atoms with Gasteiger partial charge < -0.3 is 36.1 Å². The second-order valence-corrected chi connectivity index (χ2v) is 14.6. The molecule has 10 heteroatoms. The Labute approximate surface area is 281 Å². The number of rotatable bonds is 21. The van der Waals surface area contributed by atoms with Gasteiger partial charge in [0.1, 0.15) is 6.04 Å². The molecular weight excluding hydrogens is 594 g/mol. The molecule has 47 heavy (non-hydrogen) atoms. The number of nitrogens with one attached hydrogen (secondary N) is 3. The molecule has 0 radical (unpaired) electrons. The fourth-order valence-corrected chi connectivity index (χ4v) is 6.31. The van der Waals surface area contributed by atoms with Crippen molar-refractivity contribution >= 4 is 28.6 Å². The van der Waals surface area contributed by atoms with Crippen LogP contribution in [0.2, 0.25) is 0 Å². The van der Waals surface area contributed by atoms with Crippen LogP contribution in [0.3, 0.4) is 0 Å². The normalized spacial score (nSPS) is 16.7. The number of aliphatic hydroxyl groups excluding tert-OH is 1. The highest BCUT2D eigenvalue weighted by molar-refractivity contribution is 5.88. The number of aliphatic hydroxyl groups is 1. The van der Waals surface area contributed by atoms with Gasteiger partial charge in [-0.05, 0) is 91.2 Å². The Morgan fingerprint density at radius 1 is 0.979 bits per heavy atom. The number of benzene rings is 1. The summed E-state index contributed by atoms with van der Waals surface area (Å²) in [4.78, 5) is 39.1. The summed E-state index contributed by atoms with van der Waals surface area (Å²) in [7, 11) is 1.72. The van der Waals surface area contributed by atoms with E-state index in [1.54, 1.807) is 7.11 Å². The average Bonchev–Trinajstić information content (AvgIpc) is 3.78. The van der Waals surface area contributed by atoms with Crippen LogP contribution in [-0.4, -0.2) is 72.4 Å². The van der Waals surface area contributed by atoms with Gasteiger partial charge in [0.25, 0.3) is 0 Å². The predicted octanol–water partition coefficient (Wildman–Crippen LogP) is 4.02. The van der Waals surface area contributed by atoms with E-state index >= 15 is 0 Å². The van der Waals surface area contributed by atoms with Crippen molar-refractivity contribution < 1.29 is 24.2 Å². The number of carbonyl (C=O) groups excluding carboxylic acids is 3. The van der Waals surface area contributed by atoms with Crippen molar-refractivity contribution in [2.24, 2.45) is 41.2 Å². The van der Waals surface area contributed by atoms with Gasteiger partial charge in [0, 0.05) is 44.4 Å². The quantitative estimate of drug-likeness (QED) is 0.128. The Bertz CT molecular complexity index is 1290. The third-order valence-corrected chi connectivity index (χ3v) is 9.73. The smallest absolute Gasteiger partial charge is 0.243 e. The van der Waals surface area contributed by atoms with Crippen molar-refractivity contribution in [2.45, 2.75) is 105 Å². The van der Waals surface area contributed by atoms with Gasteiger partial charge in [-0.2, -0.15) is 0 Å². The molecule has 0 bridgehead atoms. The lowest BCUT2D eigenvalue weighted by atomic mass is 9.80. The summed E-state index contributed by atoms with van der Waals surface area (Å²) < 4.78 is 7.51. The van der Waals surface area contributed by atoms with Gasteiger partial charge >= 0.3 is 0 Å². The molecule has 1 heterocycles. The number of hydrogen-bond acceptors (Lipinski definition) is 6. The van der Waals surface area contributed by atoms with Crippen LogP contribution in [0, 0.1) is 35.5 Å². The number of hydrogen-bond donors (Lipinski definition) is 5. The molecule has 10 nitrogen and oxygen atoms in total. The van der Waals surface area contributed by atoms with Gasteiger partial charge in [-0.3, -0.25) is 14.4 Å². The number of aryl methyl sites for hydroxylation is 1. The number of nitrogens with two attached hydrogens (primary N) is 1. The van der Waals surface area contributed by atoms with E-state index in [1.807, 2.05) is 27.7 Å². The molecule has 3 amide bonds. The molecule has 0 aliphatic heterocycles. The molecule has 1 fully saturated rings. The Hall–Kier alpha value is -2.95. The minimum atomic E-state index is -0.960. The summed E-state index contributed by atoms with van der Waals surface area (Å²) in [6.07, 6.45) is 5.88. The number of fused-ring (bicyclic) bond motifs is 1. The molecule has 1 aliphatic carbocycles. The average molecular weight is 656 g/mol. The van der Waals surface area contributed by atoms with Gasteiger partial charge in [-0.1, -0.05) is 53.7 Å². The number of methoxy groups -OCH3 is 1. The van der Waals surface area contributed by atoms with E-state index < -0.39 is 30.0 Å². The SMILES string of the molecule is COCCCn1ccc2ccc(CC(C[C@H](NC(=O)[C@@H](NC(=O)CN)C(C)C)C(O)CC(C(=O)NCC3CC3)C(C)C)C(C)C)cc21. The van der Waals surface area contributed by atoms with Gasteiger partial charge in [0.2, 0.25) is 17.7 Å².